The van der Waals surface area contributed by atoms with Crippen LogP contribution in [0.4, 0.5) is 4.79 Å². The van der Waals surface area contributed by atoms with Crippen molar-refractivity contribution in [1.29, 1.82) is 0 Å². The lowest BCUT2D eigenvalue weighted by Gasteiger charge is -2.40. The van der Waals surface area contributed by atoms with Gasteiger partial charge in [-0.1, -0.05) is 12.2 Å². The zero-order valence-corrected chi connectivity index (χ0v) is 12.3. The Morgan fingerprint density at radius 1 is 1.42 bits per heavy atom. The van der Waals surface area contributed by atoms with Crippen molar-refractivity contribution in [3.05, 3.63) is 25.3 Å². The fourth-order valence-corrected chi connectivity index (χ4v) is 2.10. The molecule has 4 nitrogen and oxygen atoms in total. The van der Waals surface area contributed by atoms with Crippen LogP contribution in [0.3, 0.4) is 0 Å². The van der Waals surface area contributed by atoms with Gasteiger partial charge in [0.15, 0.2) is 0 Å². The second kappa shape index (κ2) is 6.24. The van der Waals surface area contributed by atoms with Crippen LogP contribution in [0.1, 0.15) is 33.6 Å². The van der Waals surface area contributed by atoms with Crippen LogP contribution < -0.4 is 0 Å². The van der Waals surface area contributed by atoms with Gasteiger partial charge in [0.25, 0.3) is 0 Å². The molecule has 0 N–H and O–H groups in total. The molecular weight excluding hydrogens is 242 g/mol. The zero-order valence-electron chi connectivity index (χ0n) is 12.3. The molecule has 1 amide bonds. The molecule has 108 valence electrons. The van der Waals surface area contributed by atoms with E-state index in [4.69, 9.17) is 9.47 Å². The van der Waals surface area contributed by atoms with Gasteiger partial charge in [-0.3, -0.25) is 0 Å². The van der Waals surface area contributed by atoms with E-state index in [2.05, 4.69) is 13.2 Å². The van der Waals surface area contributed by atoms with Gasteiger partial charge in [-0.25, -0.2) is 4.79 Å². The third kappa shape index (κ3) is 4.71. The van der Waals surface area contributed by atoms with Crippen molar-refractivity contribution < 1.29 is 14.3 Å². The number of hydrogen-bond acceptors (Lipinski definition) is 3. The average Bonchev–Trinajstić information content (AvgIpc) is 2.34. The number of ether oxygens (including phenoxy) is 2. The third-order valence-corrected chi connectivity index (χ3v) is 3.00. The van der Waals surface area contributed by atoms with E-state index in [9.17, 15) is 4.79 Å². The van der Waals surface area contributed by atoms with Crippen LogP contribution in [0.5, 0.6) is 0 Å². The van der Waals surface area contributed by atoms with E-state index in [1.807, 2.05) is 20.8 Å². The highest BCUT2D eigenvalue weighted by Gasteiger charge is 2.36. The summed E-state index contributed by atoms with van der Waals surface area (Å²) in [6.45, 7) is 14.7. The van der Waals surface area contributed by atoms with Crippen LogP contribution in [0.15, 0.2) is 25.3 Å². The number of amides is 1. The van der Waals surface area contributed by atoms with Gasteiger partial charge in [0, 0.05) is 6.54 Å². The fraction of sp³-hybridized carbons (Fsp3) is 0.667. The summed E-state index contributed by atoms with van der Waals surface area (Å²) in [6, 6.07) is 0. The molecule has 0 unspecified atom stereocenters. The van der Waals surface area contributed by atoms with Crippen LogP contribution >= 0.6 is 0 Å². The molecule has 0 aromatic rings. The van der Waals surface area contributed by atoms with E-state index in [1.54, 1.807) is 17.1 Å². The molecule has 0 bridgehead atoms. The van der Waals surface area contributed by atoms with Gasteiger partial charge < -0.3 is 14.4 Å². The molecule has 19 heavy (non-hydrogen) atoms. The van der Waals surface area contributed by atoms with Crippen molar-refractivity contribution in [2.75, 3.05) is 19.7 Å². The van der Waals surface area contributed by atoms with E-state index in [-0.39, 0.29) is 6.09 Å². The molecule has 0 aliphatic carbocycles. The van der Waals surface area contributed by atoms with E-state index in [1.165, 1.54) is 0 Å². The molecule has 0 aromatic heterocycles. The Morgan fingerprint density at radius 2 is 2.11 bits per heavy atom. The van der Waals surface area contributed by atoms with Crippen molar-refractivity contribution in [3.63, 3.8) is 0 Å². The summed E-state index contributed by atoms with van der Waals surface area (Å²) in [6.07, 6.45) is 4.94. The van der Waals surface area contributed by atoms with E-state index < -0.39 is 11.2 Å². The predicted octanol–water partition coefficient (Wildman–Crippen LogP) is 3.14. The minimum absolute atomic E-state index is 0.291. The number of carbonyl (C=O) groups excluding carboxylic acids is 1. The summed E-state index contributed by atoms with van der Waals surface area (Å²) in [4.78, 5) is 13.8. The molecule has 0 aromatic carbocycles. The van der Waals surface area contributed by atoms with Gasteiger partial charge in [0.2, 0.25) is 0 Å². The highest BCUT2D eigenvalue weighted by molar-refractivity contribution is 5.68. The number of likely N-dealkylation sites (tertiary alicyclic amines) is 1. The van der Waals surface area contributed by atoms with Crippen LogP contribution in [-0.4, -0.2) is 41.9 Å². The average molecular weight is 267 g/mol. The molecule has 1 rings (SSSR count). The molecule has 1 aliphatic heterocycles. The SMILES string of the molecule is C=CCO[C@]1(C=C)CCCN(C(=O)OC(C)(C)C)C1. The van der Waals surface area contributed by atoms with Crippen LogP contribution in [0.25, 0.3) is 0 Å². The molecule has 4 heteroatoms. The van der Waals surface area contributed by atoms with Gasteiger partial charge >= 0.3 is 6.09 Å². The second-order valence-corrected chi connectivity index (χ2v) is 5.87. The first kappa shape index (κ1) is 15.8. The van der Waals surface area contributed by atoms with Gasteiger partial charge in [0.05, 0.1) is 13.2 Å². The molecule has 0 saturated carbocycles. The quantitative estimate of drug-likeness (QED) is 0.734. The third-order valence-electron chi connectivity index (χ3n) is 3.00. The van der Waals surface area contributed by atoms with Crippen molar-refractivity contribution in [3.8, 4) is 0 Å². The van der Waals surface area contributed by atoms with Crippen molar-refractivity contribution >= 4 is 6.09 Å². The molecule has 0 spiro atoms. The first-order valence-electron chi connectivity index (χ1n) is 6.68. The fourth-order valence-electron chi connectivity index (χ4n) is 2.10. The maximum absolute atomic E-state index is 12.1. The predicted molar refractivity (Wildman–Crippen MR) is 76.1 cm³/mol. The second-order valence-electron chi connectivity index (χ2n) is 5.87. The summed E-state index contributed by atoms with van der Waals surface area (Å²) in [5.74, 6) is 0. The van der Waals surface area contributed by atoms with Crippen LogP contribution in [0.2, 0.25) is 0 Å². The standard InChI is InChI=1S/C15H25NO3/c1-6-11-18-15(7-2)9-8-10-16(12-15)13(17)19-14(3,4)5/h6-7H,1-2,8-12H2,3-5H3/t15-/m1/s1. The Morgan fingerprint density at radius 3 is 2.63 bits per heavy atom. The first-order chi connectivity index (χ1) is 8.82. The minimum Gasteiger partial charge on any atom is -0.444 e. The monoisotopic (exact) mass is 267 g/mol. The Kier molecular flexibility index (Phi) is 5.18. The van der Waals surface area contributed by atoms with Gasteiger partial charge in [0.1, 0.15) is 11.2 Å². The van der Waals surface area contributed by atoms with Crippen molar-refractivity contribution in [2.45, 2.75) is 44.8 Å². The summed E-state index contributed by atoms with van der Waals surface area (Å²) < 4.78 is 11.2. The van der Waals surface area contributed by atoms with E-state index in [0.717, 1.165) is 12.8 Å². The lowest BCUT2D eigenvalue weighted by Crippen LogP contribution is -2.51. The maximum atomic E-state index is 12.1. The lowest BCUT2D eigenvalue weighted by molar-refractivity contribution is -0.0520. The number of rotatable bonds is 4. The van der Waals surface area contributed by atoms with Crippen molar-refractivity contribution in [1.82, 2.24) is 4.90 Å². The normalized spacial score (nSPS) is 23.8. The number of hydrogen-bond donors (Lipinski definition) is 0. The smallest absolute Gasteiger partial charge is 0.410 e. The Bertz CT molecular complexity index is 346. The Hall–Kier alpha value is -1.29. The topological polar surface area (TPSA) is 38.8 Å². The Labute approximate surface area is 116 Å². The van der Waals surface area contributed by atoms with Gasteiger partial charge in [-0.2, -0.15) is 0 Å². The first-order valence-corrected chi connectivity index (χ1v) is 6.68. The highest BCUT2D eigenvalue weighted by atomic mass is 16.6. The molecule has 1 aliphatic rings. The molecule has 1 saturated heterocycles. The largest absolute Gasteiger partial charge is 0.444 e. The summed E-state index contributed by atoms with van der Waals surface area (Å²) in [7, 11) is 0. The number of piperidine rings is 1. The summed E-state index contributed by atoms with van der Waals surface area (Å²) in [5.41, 5.74) is -0.962. The molecule has 0 radical (unpaired) electrons. The summed E-state index contributed by atoms with van der Waals surface area (Å²) in [5, 5.41) is 0. The molecule has 1 fully saturated rings. The number of carbonyl (C=O) groups is 1. The molecule has 1 heterocycles. The van der Waals surface area contributed by atoms with E-state index in [0.29, 0.717) is 19.7 Å². The van der Waals surface area contributed by atoms with Gasteiger partial charge in [-0.05, 0) is 33.6 Å². The van der Waals surface area contributed by atoms with Crippen molar-refractivity contribution in [2.24, 2.45) is 0 Å². The maximum Gasteiger partial charge on any atom is 0.410 e. The minimum atomic E-state index is -0.483. The lowest BCUT2D eigenvalue weighted by atomic mass is 9.93. The van der Waals surface area contributed by atoms with Gasteiger partial charge in [-0.15, -0.1) is 13.2 Å². The van der Waals surface area contributed by atoms with Crippen LogP contribution in [-0.2, 0) is 9.47 Å². The van der Waals surface area contributed by atoms with E-state index >= 15 is 0 Å². The van der Waals surface area contributed by atoms with Crippen LogP contribution in [0, 0.1) is 0 Å². The molecule has 1 atom stereocenters. The number of nitrogens with zero attached hydrogens (tertiary/aromatic N) is 1. The summed E-state index contributed by atoms with van der Waals surface area (Å²) >= 11 is 0. The highest BCUT2D eigenvalue weighted by Crippen LogP contribution is 2.27. The Balaban J connectivity index is 2.69. The molecular formula is C15H25NO3. The zero-order chi connectivity index (χ0) is 14.5.